The highest BCUT2D eigenvalue weighted by molar-refractivity contribution is 5.91. The number of hydrogen-bond acceptors (Lipinski definition) is 2. The zero-order valence-electron chi connectivity index (χ0n) is 13.6. The molecule has 1 aliphatic heterocycles. The normalized spacial score (nSPS) is 16.2. The molecule has 0 saturated heterocycles. The van der Waals surface area contributed by atoms with Crippen molar-refractivity contribution in [1.82, 2.24) is 5.32 Å². The molecule has 0 fully saturated rings. The predicted molar refractivity (Wildman–Crippen MR) is 92.1 cm³/mol. The maximum Gasteiger partial charge on any atom is 0.319 e. The van der Waals surface area contributed by atoms with Crippen molar-refractivity contribution in [3.63, 3.8) is 0 Å². The van der Waals surface area contributed by atoms with Crippen LogP contribution >= 0.6 is 0 Å². The molecule has 0 spiro atoms. The van der Waals surface area contributed by atoms with E-state index >= 15 is 0 Å². The number of benzene rings is 2. The van der Waals surface area contributed by atoms with E-state index in [0.29, 0.717) is 6.61 Å². The maximum absolute atomic E-state index is 12.3. The Balaban J connectivity index is 1.65. The molecule has 3 rings (SSSR count). The van der Waals surface area contributed by atoms with Crippen molar-refractivity contribution in [2.45, 2.75) is 32.7 Å². The fourth-order valence-corrected chi connectivity index (χ4v) is 2.96. The molecule has 2 aromatic rings. The van der Waals surface area contributed by atoms with Crippen molar-refractivity contribution in [1.29, 1.82) is 0 Å². The van der Waals surface area contributed by atoms with Gasteiger partial charge in [-0.25, -0.2) is 4.79 Å². The third kappa shape index (κ3) is 3.47. The monoisotopic (exact) mass is 310 g/mol. The molecular weight excluding hydrogens is 288 g/mol. The zero-order valence-corrected chi connectivity index (χ0v) is 13.6. The Kier molecular flexibility index (Phi) is 4.51. The average Bonchev–Trinajstić information content (AvgIpc) is 2.56. The minimum Gasteiger partial charge on any atom is -0.491 e. The van der Waals surface area contributed by atoms with E-state index in [4.69, 9.17) is 4.74 Å². The number of aryl methyl sites for hydroxylation is 2. The van der Waals surface area contributed by atoms with Crippen LogP contribution in [-0.4, -0.2) is 18.7 Å². The van der Waals surface area contributed by atoms with Crippen molar-refractivity contribution in [3.8, 4) is 5.75 Å². The molecule has 23 heavy (non-hydrogen) atoms. The van der Waals surface area contributed by atoms with Gasteiger partial charge in [0.05, 0.1) is 6.04 Å². The van der Waals surface area contributed by atoms with Gasteiger partial charge in [-0.1, -0.05) is 43.3 Å². The second-order valence-electron chi connectivity index (χ2n) is 5.88. The number of carbonyl (C=O) groups excluding carboxylic acids is 1. The summed E-state index contributed by atoms with van der Waals surface area (Å²) in [4.78, 5) is 12.3. The number of para-hydroxylation sites is 2. The van der Waals surface area contributed by atoms with Gasteiger partial charge in [0.15, 0.2) is 0 Å². The third-order valence-corrected chi connectivity index (χ3v) is 4.19. The number of anilines is 1. The molecule has 2 aromatic carbocycles. The molecule has 4 heteroatoms. The summed E-state index contributed by atoms with van der Waals surface area (Å²) in [6.45, 7) is 4.59. The lowest BCUT2D eigenvalue weighted by Gasteiger charge is -2.26. The fraction of sp³-hybridized carbons (Fsp3) is 0.316. The van der Waals surface area contributed by atoms with Gasteiger partial charge < -0.3 is 15.4 Å². The van der Waals surface area contributed by atoms with Crippen LogP contribution in [0.4, 0.5) is 10.5 Å². The molecule has 2 N–H and O–H groups in total. The quantitative estimate of drug-likeness (QED) is 0.908. The summed E-state index contributed by atoms with van der Waals surface area (Å²) in [6.07, 6.45) is 1.68. The van der Waals surface area contributed by atoms with Crippen LogP contribution in [0.2, 0.25) is 0 Å². The number of ether oxygens (including phenoxy) is 1. The number of urea groups is 1. The highest BCUT2D eigenvalue weighted by Crippen LogP contribution is 2.24. The van der Waals surface area contributed by atoms with Crippen LogP contribution in [0.5, 0.6) is 5.75 Å². The number of amides is 2. The molecule has 4 nitrogen and oxygen atoms in total. The Morgan fingerprint density at radius 3 is 2.87 bits per heavy atom. The van der Waals surface area contributed by atoms with Crippen LogP contribution in [-0.2, 0) is 12.8 Å². The highest BCUT2D eigenvalue weighted by atomic mass is 16.5. The topological polar surface area (TPSA) is 50.4 Å². The number of hydrogen-bond donors (Lipinski definition) is 2. The van der Waals surface area contributed by atoms with E-state index in [9.17, 15) is 4.79 Å². The molecule has 1 aliphatic rings. The van der Waals surface area contributed by atoms with Crippen molar-refractivity contribution >= 4 is 11.7 Å². The summed E-state index contributed by atoms with van der Waals surface area (Å²) in [5.74, 6) is 0.915. The smallest absolute Gasteiger partial charge is 0.319 e. The van der Waals surface area contributed by atoms with Gasteiger partial charge >= 0.3 is 6.03 Å². The van der Waals surface area contributed by atoms with Gasteiger partial charge in [0.2, 0.25) is 0 Å². The first-order chi connectivity index (χ1) is 11.2. The van der Waals surface area contributed by atoms with Gasteiger partial charge in [0, 0.05) is 5.69 Å². The predicted octanol–water partition coefficient (Wildman–Crippen LogP) is 3.68. The van der Waals surface area contributed by atoms with E-state index in [1.54, 1.807) is 0 Å². The van der Waals surface area contributed by atoms with Crippen molar-refractivity contribution in [3.05, 3.63) is 59.2 Å². The standard InChI is InChI=1S/C19H22N2O2/c1-3-14-9-6-7-13(2)18(14)21-19(22)20-16-11-15-8-4-5-10-17(15)23-12-16/h4-10,16H,3,11-12H2,1-2H3,(H2,20,21,22)/t16-/m0/s1. The minimum atomic E-state index is -0.179. The summed E-state index contributed by atoms with van der Waals surface area (Å²) in [6, 6.07) is 13.8. The lowest BCUT2D eigenvalue weighted by molar-refractivity contribution is 0.222. The van der Waals surface area contributed by atoms with E-state index < -0.39 is 0 Å². The number of fused-ring (bicyclic) bond motifs is 1. The molecule has 0 saturated carbocycles. The largest absolute Gasteiger partial charge is 0.491 e. The Bertz CT molecular complexity index is 712. The summed E-state index contributed by atoms with van der Waals surface area (Å²) >= 11 is 0. The van der Waals surface area contributed by atoms with Gasteiger partial charge in [-0.3, -0.25) is 0 Å². The van der Waals surface area contributed by atoms with Crippen LogP contribution in [0, 0.1) is 6.92 Å². The first-order valence-electron chi connectivity index (χ1n) is 8.04. The highest BCUT2D eigenvalue weighted by Gasteiger charge is 2.21. The van der Waals surface area contributed by atoms with E-state index in [2.05, 4.69) is 17.6 Å². The molecule has 1 atom stereocenters. The van der Waals surface area contributed by atoms with E-state index in [1.165, 1.54) is 0 Å². The van der Waals surface area contributed by atoms with Crippen LogP contribution in [0.25, 0.3) is 0 Å². The molecule has 0 bridgehead atoms. The zero-order chi connectivity index (χ0) is 16.2. The van der Waals surface area contributed by atoms with Gasteiger partial charge in [-0.05, 0) is 42.5 Å². The van der Waals surface area contributed by atoms with Gasteiger partial charge in [0.25, 0.3) is 0 Å². The molecule has 0 aromatic heterocycles. The average molecular weight is 310 g/mol. The van der Waals surface area contributed by atoms with E-state index in [-0.39, 0.29) is 12.1 Å². The maximum atomic E-state index is 12.3. The summed E-state index contributed by atoms with van der Waals surface area (Å²) < 4.78 is 5.71. The SMILES string of the molecule is CCc1cccc(C)c1NC(=O)N[C@@H]1COc2ccccc2C1. The summed E-state index contributed by atoms with van der Waals surface area (Å²) in [7, 11) is 0. The Hall–Kier alpha value is -2.49. The van der Waals surface area contributed by atoms with E-state index in [1.807, 2.05) is 49.4 Å². The van der Waals surface area contributed by atoms with Crippen LogP contribution in [0.15, 0.2) is 42.5 Å². The Labute approximate surface area is 136 Å². The van der Waals surface area contributed by atoms with Crippen molar-refractivity contribution in [2.75, 3.05) is 11.9 Å². The Morgan fingerprint density at radius 2 is 2.04 bits per heavy atom. The number of nitrogens with one attached hydrogen (secondary N) is 2. The number of rotatable bonds is 3. The number of carbonyl (C=O) groups is 1. The molecule has 0 unspecified atom stereocenters. The lowest BCUT2D eigenvalue weighted by atomic mass is 10.0. The van der Waals surface area contributed by atoms with Crippen LogP contribution < -0.4 is 15.4 Å². The Morgan fingerprint density at radius 1 is 1.22 bits per heavy atom. The van der Waals surface area contributed by atoms with E-state index in [0.717, 1.165) is 41.0 Å². The van der Waals surface area contributed by atoms with Crippen LogP contribution in [0.1, 0.15) is 23.6 Å². The first-order valence-corrected chi connectivity index (χ1v) is 8.04. The second-order valence-corrected chi connectivity index (χ2v) is 5.88. The van der Waals surface area contributed by atoms with Crippen molar-refractivity contribution < 1.29 is 9.53 Å². The molecule has 2 amide bonds. The van der Waals surface area contributed by atoms with Gasteiger partial charge in [-0.2, -0.15) is 0 Å². The third-order valence-electron chi connectivity index (χ3n) is 4.19. The van der Waals surface area contributed by atoms with Gasteiger partial charge in [-0.15, -0.1) is 0 Å². The first kappa shape index (κ1) is 15.4. The van der Waals surface area contributed by atoms with Crippen LogP contribution in [0.3, 0.4) is 0 Å². The molecule has 0 radical (unpaired) electrons. The molecule has 1 heterocycles. The second kappa shape index (κ2) is 6.73. The summed E-state index contributed by atoms with van der Waals surface area (Å²) in [5, 5.41) is 6.01. The molecule has 0 aliphatic carbocycles. The van der Waals surface area contributed by atoms with Crippen molar-refractivity contribution in [2.24, 2.45) is 0 Å². The lowest BCUT2D eigenvalue weighted by Crippen LogP contribution is -2.44. The summed E-state index contributed by atoms with van der Waals surface area (Å²) in [5.41, 5.74) is 4.26. The molecule has 120 valence electrons. The fourth-order valence-electron chi connectivity index (χ4n) is 2.96. The van der Waals surface area contributed by atoms with Gasteiger partial charge in [0.1, 0.15) is 12.4 Å². The molecular formula is C19H22N2O2. The minimum absolute atomic E-state index is 0.0148.